The minimum atomic E-state index is -1.20. The molecule has 6 nitrogen and oxygen atoms in total. The summed E-state index contributed by atoms with van der Waals surface area (Å²) < 4.78 is 13.4. The van der Waals surface area contributed by atoms with Gasteiger partial charge in [0.2, 0.25) is 0 Å². The van der Waals surface area contributed by atoms with E-state index in [4.69, 9.17) is 5.11 Å². The maximum atomic E-state index is 13.4. The van der Waals surface area contributed by atoms with Crippen molar-refractivity contribution in [1.29, 1.82) is 0 Å². The maximum absolute atomic E-state index is 13.4. The van der Waals surface area contributed by atoms with Crippen molar-refractivity contribution in [2.45, 2.75) is 32.4 Å². The first kappa shape index (κ1) is 16.0. The van der Waals surface area contributed by atoms with Crippen LogP contribution >= 0.6 is 0 Å². The highest BCUT2D eigenvalue weighted by Crippen LogP contribution is 2.34. The first-order valence-electron chi connectivity index (χ1n) is 7.55. The van der Waals surface area contributed by atoms with Crippen LogP contribution in [0.3, 0.4) is 0 Å². The Balaban J connectivity index is 1.92. The highest BCUT2D eigenvalue weighted by Gasteiger charge is 2.34. The quantitative estimate of drug-likeness (QED) is 0.915. The summed E-state index contributed by atoms with van der Waals surface area (Å²) in [5, 5.41) is 8.85. The number of hydrogen-bond donors (Lipinski definition) is 1. The molecule has 0 spiro atoms. The molecule has 1 aromatic carbocycles. The van der Waals surface area contributed by atoms with Gasteiger partial charge in [0.1, 0.15) is 11.5 Å². The number of nitrogens with zero attached hydrogens (tertiary/aromatic N) is 3. The molecule has 7 heteroatoms. The minimum Gasteiger partial charge on any atom is -0.476 e. The predicted molar refractivity (Wildman–Crippen MR) is 83.1 cm³/mol. The van der Waals surface area contributed by atoms with Gasteiger partial charge in [0.05, 0.1) is 18.4 Å². The molecule has 0 radical (unpaired) electrons. The topological polar surface area (TPSA) is 83.4 Å². The third-order valence-corrected chi connectivity index (χ3v) is 4.29. The Bertz CT molecular complexity index is 807. The Morgan fingerprint density at radius 3 is 2.50 bits per heavy atom. The third-order valence-electron chi connectivity index (χ3n) is 4.29. The van der Waals surface area contributed by atoms with Crippen molar-refractivity contribution >= 4 is 11.9 Å². The molecule has 124 valence electrons. The number of carboxylic acid groups (broad SMARTS) is 1. The van der Waals surface area contributed by atoms with E-state index in [0.29, 0.717) is 6.42 Å². The van der Waals surface area contributed by atoms with Gasteiger partial charge in [0, 0.05) is 6.04 Å². The number of carboxylic acids is 1. The zero-order valence-electron chi connectivity index (χ0n) is 13.2. The van der Waals surface area contributed by atoms with Crippen LogP contribution in [0.5, 0.6) is 0 Å². The minimum absolute atomic E-state index is 0.0873. The van der Waals surface area contributed by atoms with E-state index in [1.807, 2.05) is 13.8 Å². The van der Waals surface area contributed by atoms with Crippen molar-refractivity contribution in [3.63, 3.8) is 0 Å². The van der Waals surface area contributed by atoms with Crippen LogP contribution in [0.15, 0.2) is 30.6 Å². The Labute approximate surface area is 138 Å². The number of amides is 1. The monoisotopic (exact) mass is 329 g/mol. The van der Waals surface area contributed by atoms with Crippen LogP contribution in [0.1, 0.15) is 52.0 Å². The zero-order valence-corrected chi connectivity index (χ0v) is 13.2. The van der Waals surface area contributed by atoms with E-state index in [1.54, 1.807) is 11.0 Å². The highest BCUT2D eigenvalue weighted by molar-refractivity contribution is 5.93. The first-order valence-corrected chi connectivity index (χ1v) is 7.55. The second kappa shape index (κ2) is 5.99. The number of rotatable bonds is 2. The molecule has 2 aromatic rings. The van der Waals surface area contributed by atoms with E-state index >= 15 is 0 Å². The summed E-state index contributed by atoms with van der Waals surface area (Å²) in [7, 11) is 0. The summed E-state index contributed by atoms with van der Waals surface area (Å²) in [6, 6.07) is 4.21. The Morgan fingerprint density at radius 1 is 1.21 bits per heavy atom. The second-order valence-corrected chi connectivity index (χ2v) is 5.88. The molecular formula is C17H16FN3O3. The average Bonchev–Trinajstić information content (AvgIpc) is 2.54. The van der Waals surface area contributed by atoms with Crippen LogP contribution in [0.4, 0.5) is 4.39 Å². The van der Waals surface area contributed by atoms with Gasteiger partial charge >= 0.3 is 5.97 Å². The fourth-order valence-electron chi connectivity index (χ4n) is 3.16. The summed E-state index contributed by atoms with van der Waals surface area (Å²) in [5.74, 6) is -1.81. The SMILES string of the molecule is CC1Cc2cc(F)ccc2C(C)N1C(=O)c1cnc(C(=O)O)cn1. The lowest BCUT2D eigenvalue weighted by Gasteiger charge is -2.40. The molecule has 2 unspecified atom stereocenters. The lowest BCUT2D eigenvalue weighted by atomic mass is 9.89. The lowest BCUT2D eigenvalue weighted by Crippen LogP contribution is -2.45. The zero-order chi connectivity index (χ0) is 17.4. The van der Waals surface area contributed by atoms with E-state index in [2.05, 4.69) is 9.97 Å². The largest absolute Gasteiger partial charge is 0.476 e. The number of aromatic carboxylic acids is 1. The molecule has 1 amide bonds. The number of fused-ring (bicyclic) bond motifs is 1. The van der Waals surface area contributed by atoms with Crippen LogP contribution < -0.4 is 0 Å². The normalized spacial score (nSPS) is 19.7. The average molecular weight is 329 g/mol. The molecule has 1 aliphatic rings. The van der Waals surface area contributed by atoms with Crippen LogP contribution in [-0.2, 0) is 6.42 Å². The molecule has 2 heterocycles. The first-order chi connectivity index (χ1) is 11.4. The molecule has 0 fully saturated rings. The highest BCUT2D eigenvalue weighted by atomic mass is 19.1. The molecule has 1 aliphatic heterocycles. The Hall–Kier alpha value is -2.83. The van der Waals surface area contributed by atoms with Crippen molar-refractivity contribution in [3.8, 4) is 0 Å². The number of benzene rings is 1. The van der Waals surface area contributed by atoms with Gasteiger partial charge in [-0.1, -0.05) is 6.07 Å². The van der Waals surface area contributed by atoms with Gasteiger partial charge < -0.3 is 10.0 Å². The van der Waals surface area contributed by atoms with Crippen LogP contribution in [-0.4, -0.2) is 37.9 Å². The van der Waals surface area contributed by atoms with Crippen molar-refractivity contribution in [2.75, 3.05) is 0 Å². The molecular weight excluding hydrogens is 313 g/mol. The van der Waals surface area contributed by atoms with Crippen LogP contribution in [0, 0.1) is 5.82 Å². The van der Waals surface area contributed by atoms with Crippen molar-refractivity contribution < 1.29 is 19.1 Å². The number of halogens is 1. The molecule has 0 saturated heterocycles. The molecule has 0 bridgehead atoms. The summed E-state index contributed by atoms with van der Waals surface area (Å²) in [5.41, 5.74) is 1.67. The summed E-state index contributed by atoms with van der Waals surface area (Å²) in [6.45, 7) is 3.77. The van der Waals surface area contributed by atoms with Crippen molar-refractivity contribution in [1.82, 2.24) is 14.9 Å². The van der Waals surface area contributed by atoms with E-state index in [-0.39, 0.29) is 35.2 Å². The van der Waals surface area contributed by atoms with Gasteiger partial charge in [-0.05, 0) is 43.5 Å². The summed E-state index contributed by atoms with van der Waals surface area (Å²) >= 11 is 0. The predicted octanol–water partition coefficient (Wildman–Crippen LogP) is 2.46. The van der Waals surface area contributed by atoms with Crippen LogP contribution in [0.25, 0.3) is 0 Å². The number of carbonyl (C=O) groups excluding carboxylic acids is 1. The van der Waals surface area contributed by atoms with Gasteiger partial charge in [0.25, 0.3) is 5.91 Å². The van der Waals surface area contributed by atoms with Gasteiger partial charge in [-0.3, -0.25) is 4.79 Å². The summed E-state index contributed by atoms with van der Waals surface area (Å²) in [4.78, 5) is 32.9. The molecule has 1 aromatic heterocycles. The van der Waals surface area contributed by atoms with Crippen LogP contribution in [0.2, 0.25) is 0 Å². The standard InChI is InChI=1S/C17H16FN3O3/c1-9-5-11-6-12(18)3-4-13(11)10(2)21(9)16(22)14-7-20-15(8-19-14)17(23)24/h3-4,6-10H,5H2,1-2H3,(H,23,24). The number of hydrogen-bond acceptors (Lipinski definition) is 4. The van der Waals surface area contributed by atoms with Crippen molar-refractivity contribution in [2.24, 2.45) is 0 Å². The fraction of sp³-hybridized carbons (Fsp3) is 0.294. The Morgan fingerprint density at radius 2 is 1.88 bits per heavy atom. The van der Waals surface area contributed by atoms with Gasteiger partial charge in [-0.25, -0.2) is 19.2 Å². The summed E-state index contributed by atoms with van der Waals surface area (Å²) in [6.07, 6.45) is 2.79. The van der Waals surface area contributed by atoms with E-state index in [9.17, 15) is 14.0 Å². The fourth-order valence-corrected chi connectivity index (χ4v) is 3.16. The third kappa shape index (κ3) is 2.73. The molecule has 3 rings (SSSR count). The number of aromatic nitrogens is 2. The molecule has 1 N–H and O–H groups in total. The van der Waals surface area contributed by atoms with Gasteiger partial charge in [-0.2, -0.15) is 0 Å². The molecule has 2 atom stereocenters. The van der Waals surface area contributed by atoms with Gasteiger partial charge in [-0.15, -0.1) is 0 Å². The van der Waals surface area contributed by atoms with E-state index < -0.39 is 5.97 Å². The smallest absolute Gasteiger partial charge is 0.356 e. The Kier molecular flexibility index (Phi) is 4.01. The lowest BCUT2D eigenvalue weighted by molar-refractivity contribution is 0.0571. The number of carbonyl (C=O) groups is 2. The van der Waals surface area contributed by atoms with E-state index in [1.165, 1.54) is 18.3 Å². The maximum Gasteiger partial charge on any atom is 0.356 e. The molecule has 0 saturated carbocycles. The molecule has 24 heavy (non-hydrogen) atoms. The van der Waals surface area contributed by atoms with Crippen molar-refractivity contribution in [3.05, 3.63) is 58.9 Å². The molecule has 0 aliphatic carbocycles. The second-order valence-electron chi connectivity index (χ2n) is 5.88. The van der Waals surface area contributed by atoms with E-state index in [0.717, 1.165) is 17.3 Å². The van der Waals surface area contributed by atoms with Gasteiger partial charge in [0.15, 0.2) is 5.69 Å².